The molecular formula is C18H22N6O2. The van der Waals surface area contributed by atoms with Crippen LogP contribution in [0.25, 0.3) is 5.65 Å². The molecule has 3 aromatic rings. The van der Waals surface area contributed by atoms with E-state index < -0.39 is 0 Å². The van der Waals surface area contributed by atoms with Crippen molar-refractivity contribution in [3.63, 3.8) is 0 Å². The van der Waals surface area contributed by atoms with Gasteiger partial charge in [-0.05, 0) is 33.6 Å². The summed E-state index contributed by atoms with van der Waals surface area (Å²) in [5.74, 6) is -0.0847. The molecule has 0 aromatic carbocycles. The standard InChI is InChI=1S/C18H22N6O2/c1-10(13-8-19-23(9-13)14-4-5-14)21-17(25)6-15-11(2)20-16-7-18(26)22-24(16)12(15)3/h7-10,14H,4-6H2,1-3H3,(H,21,25)(H,22,26). The summed E-state index contributed by atoms with van der Waals surface area (Å²) in [6.45, 7) is 5.69. The highest BCUT2D eigenvalue weighted by molar-refractivity contribution is 5.79. The van der Waals surface area contributed by atoms with Crippen molar-refractivity contribution in [1.82, 2.24) is 29.7 Å². The first-order chi connectivity index (χ1) is 12.4. The Bertz CT molecular complexity index is 1040. The summed E-state index contributed by atoms with van der Waals surface area (Å²) >= 11 is 0. The highest BCUT2D eigenvalue weighted by Gasteiger charge is 2.25. The number of amides is 1. The number of rotatable bonds is 5. The molecule has 3 aromatic heterocycles. The quantitative estimate of drug-likeness (QED) is 0.727. The Morgan fingerprint density at radius 3 is 2.92 bits per heavy atom. The highest BCUT2D eigenvalue weighted by atomic mass is 16.1. The molecule has 2 N–H and O–H groups in total. The van der Waals surface area contributed by atoms with Gasteiger partial charge in [-0.3, -0.25) is 19.4 Å². The maximum absolute atomic E-state index is 12.5. The Hall–Kier alpha value is -2.90. The van der Waals surface area contributed by atoms with E-state index in [0.717, 1.165) is 22.5 Å². The van der Waals surface area contributed by atoms with Crippen LogP contribution in [0.3, 0.4) is 0 Å². The van der Waals surface area contributed by atoms with Crippen molar-refractivity contribution in [3.8, 4) is 0 Å². The average Bonchev–Trinajstić information content (AvgIpc) is 3.18. The minimum absolute atomic E-state index is 0.0847. The molecule has 0 spiro atoms. The molecule has 0 aliphatic heterocycles. The van der Waals surface area contributed by atoms with Gasteiger partial charge >= 0.3 is 0 Å². The molecule has 26 heavy (non-hydrogen) atoms. The van der Waals surface area contributed by atoms with E-state index in [1.807, 2.05) is 37.8 Å². The van der Waals surface area contributed by atoms with Crippen molar-refractivity contribution >= 4 is 11.6 Å². The van der Waals surface area contributed by atoms with Gasteiger partial charge in [0.2, 0.25) is 5.91 Å². The fourth-order valence-electron chi connectivity index (χ4n) is 3.26. The molecule has 1 saturated carbocycles. The number of H-pyrrole nitrogens is 1. The normalized spacial score (nSPS) is 15.3. The zero-order valence-corrected chi connectivity index (χ0v) is 15.1. The van der Waals surface area contributed by atoms with Crippen LogP contribution in [0.15, 0.2) is 23.3 Å². The van der Waals surface area contributed by atoms with E-state index in [-0.39, 0.29) is 23.9 Å². The van der Waals surface area contributed by atoms with Gasteiger partial charge in [-0.25, -0.2) is 9.50 Å². The average molecular weight is 354 g/mol. The monoisotopic (exact) mass is 354 g/mol. The van der Waals surface area contributed by atoms with Crippen LogP contribution < -0.4 is 10.9 Å². The molecule has 0 radical (unpaired) electrons. The zero-order valence-electron chi connectivity index (χ0n) is 15.1. The minimum Gasteiger partial charge on any atom is -0.349 e. The molecule has 4 rings (SSSR count). The van der Waals surface area contributed by atoms with Crippen molar-refractivity contribution in [2.24, 2.45) is 0 Å². The van der Waals surface area contributed by atoms with E-state index in [0.29, 0.717) is 11.7 Å². The third-order valence-electron chi connectivity index (χ3n) is 4.96. The van der Waals surface area contributed by atoms with Crippen LogP contribution in [0.2, 0.25) is 0 Å². The lowest BCUT2D eigenvalue weighted by atomic mass is 10.1. The van der Waals surface area contributed by atoms with Crippen molar-refractivity contribution < 1.29 is 4.79 Å². The predicted octanol–water partition coefficient (Wildman–Crippen LogP) is 1.59. The third-order valence-corrected chi connectivity index (χ3v) is 4.96. The van der Waals surface area contributed by atoms with Crippen LogP contribution in [-0.2, 0) is 11.2 Å². The van der Waals surface area contributed by atoms with E-state index in [1.54, 1.807) is 4.52 Å². The summed E-state index contributed by atoms with van der Waals surface area (Å²) in [5, 5.41) is 10.1. The van der Waals surface area contributed by atoms with Gasteiger partial charge in [0, 0.05) is 34.8 Å². The van der Waals surface area contributed by atoms with Crippen molar-refractivity contribution in [1.29, 1.82) is 0 Å². The lowest BCUT2D eigenvalue weighted by Gasteiger charge is -2.15. The molecule has 8 nitrogen and oxygen atoms in total. The molecule has 136 valence electrons. The van der Waals surface area contributed by atoms with Crippen molar-refractivity contribution in [2.75, 3.05) is 0 Å². The first-order valence-corrected chi connectivity index (χ1v) is 8.83. The Balaban J connectivity index is 1.50. The van der Waals surface area contributed by atoms with Gasteiger partial charge in [-0.2, -0.15) is 5.10 Å². The van der Waals surface area contributed by atoms with Gasteiger partial charge in [-0.1, -0.05) is 0 Å². The molecule has 1 amide bonds. The second-order valence-electron chi connectivity index (χ2n) is 7.03. The second-order valence-corrected chi connectivity index (χ2v) is 7.03. The summed E-state index contributed by atoms with van der Waals surface area (Å²) in [6.07, 6.45) is 6.39. The van der Waals surface area contributed by atoms with Crippen LogP contribution in [0.1, 0.15) is 54.4 Å². The fourth-order valence-corrected chi connectivity index (χ4v) is 3.26. The zero-order chi connectivity index (χ0) is 18.4. The number of carbonyl (C=O) groups is 1. The number of nitrogens with zero attached hydrogens (tertiary/aromatic N) is 4. The molecule has 1 atom stereocenters. The van der Waals surface area contributed by atoms with Gasteiger partial charge in [0.15, 0.2) is 5.65 Å². The van der Waals surface area contributed by atoms with Crippen molar-refractivity contribution in [3.05, 3.63) is 51.3 Å². The number of hydrogen-bond acceptors (Lipinski definition) is 4. The number of aromatic amines is 1. The second kappa shape index (κ2) is 6.12. The summed E-state index contributed by atoms with van der Waals surface area (Å²) in [5.41, 5.74) is 3.76. The first-order valence-electron chi connectivity index (χ1n) is 8.83. The summed E-state index contributed by atoms with van der Waals surface area (Å²) in [4.78, 5) is 28.5. The van der Waals surface area contributed by atoms with E-state index in [4.69, 9.17) is 0 Å². The van der Waals surface area contributed by atoms with Gasteiger partial charge in [0.1, 0.15) is 0 Å². The summed E-state index contributed by atoms with van der Waals surface area (Å²) < 4.78 is 3.60. The van der Waals surface area contributed by atoms with Gasteiger partial charge in [0.25, 0.3) is 5.56 Å². The molecule has 0 bridgehead atoms. The Kier molecular flexibility index (Phi) is 3.90. The number of carbonyl (C=O) groups excluding carboxylic acids is 1. The van der Waals surface area contributed by atoms with Crippen LogP contribution in [0, 0.1) is 13.8 Å². The number of aromatic nitrogens is 5. The summed E-state index contributed by atoms with van der Waals surface area (Å²) in [7, 11) is 0. The molecule has 1 aliphatic carbocycles. The van der Waals surface area contributed by atoms with Crippen LogP contribution in [0.5, 0.6) is 0 Å². The van der Waals surface area contributed by atoms with E-state index in [2.05, 4.69) is 20.5 Å². The Labute approximate surface area is 150 Å². The number of aryl methyl sites for hydroxylation is 2. The van der Waals surface area contributed by atoms with Gasteiger partial charge in [-0.15, -0.1) is 0 Å². The van der Waals surface area contributed by atoms with Crippen LogP contribution >= 0.6 is 0 Å². The molecule has 3 heterocycles. The third kappa shape index (κ3) is 3.02. The molecule has 0 saturated heterocycles. The molecule has 1 unspecified atom stereocenters. The topological polar surface area (TPSA) is 97.1 Å². The van der Waals surface area contributed by atoms with Gasteiger partial charge in [0.05, 0.1) is 24.7 Å². The largest absolute Gasteiger partial charge is 0.349 e. The highest BCUT2D eigenvalue weighted by Crippen LogP contribution is 2.34. The lowest BCUT2D eigenvalue weighted by Crippen LogP contribution is -2.28. The number of nitrogens with one attached hydrogen (secondary N) is 2. The van der Waals surface area contributed by atoms with E-state index in [9.17, 15) is 9.59 Å². The summed E-state index contributed by atoms with van der Waals surface area (Å²) in [6, 6.07) is 1.86. The number of fused-ring (bicyclic) bond motifs is 1. The lowest BCUT2D eigenvalue weighted by molar-refractivity contribution is -0.121. The molecule has 1 aliphatic rings. The smallest absolute Gasteiger partial charge is 0.266 e. The van der Waals surface area contributed by atoms with E-state index in [1.165, 1.54) is 18.9 Å². The number of hydrogen-bond donors (Lipinski definition) is 2. The van der Waals surface area contributed by atoms with E-state index >= 15 is 0 Å². The van der Waals surface area contributed by atoms with Crippen LogP contribution in [-0.4, -0.2) is 30.3 Å². The van der Waals surface area contributed by atoms with Gasteiger partial charge < -0.3 is 5.32 Å². The Morgan fingerprint density at radius 2 is 2.19 bits per heavy atom. The molecule has 1 fully saturated rings. The van der Waals surface area contributed by atoms with Crippen molar-refractivity contribution in [2.45, 2.75) is 52.1 Å². The fraction of sp³-hybridized carbons (Fsp3) is 0.444. The SMILES string of the molecule is Cc1nc2cc(=O)[nH]n2c(C)c1CC(=O)NC(C)c1cnn(C2CC2)c1. The molecular weight excluding hydrogens is 332 g/mol. The predicted molar refractivity (Wildman–Crippen MR) is 96.0 cm³/mol. The van der Waals surface area contributed by atoms with Crippen LogP contribution in [0.4, 0.5) is 0 Å². The maximum atomic E-state index is 12.5. The maximum Gasteiger partial charge on any atom is 0.266 e. The Morgan fingerprint density at radius 1 is 1.42 bits per heavy atom. The first kappa shape index (κ1) is 16.6. The molecule has 8 heteroatoms. The minimum atomic E-state index is -0.206.